The van der Waals surface area contributed by atoms with E-state index in [1.54, 1.807) is 25.7 Å². The van der Waals surface area contributed by atoms with Crippen LogP contribution in [0.25, 0.3) is 0 Å². The summed E-state index contributed by atoms with van der Waals surface area (Å²) in [5.41, 5.74) is -0.623. The van der Waals surface area contributed by atoms with Gasteiger partial charge in [-0.05, 0) is 47.5 Å². The first-order chi connectivity index (χ1) is 14.4. The van der Waals surface area contributed by atoms with E-state index in [1.807, 2.05) is 13.8 Å². The summed E-state index contributed by atoms with van der Waals surface area (Å²) in [5, 5.41) is 0. The fraction of sp³-hybridized carbons (Fsp3) is 0.900. The molecule has 3 unspecified atom stereocenters. The number of carbonyl (C=O) groups is 2. The van der Waals surface area contributed by atoms with Gasteiger partial charge in [-0.3, -0.25) is 9.69 Å². The maximum absolute atomic E-state index is 13.1. The van der Waals surface area contributed by atoms with E-state index in [1.165, 1.54) is 13.5 Å². The van der Waals surface area contributed by atoms with Crippen molar-refractivity contribution in [3.8, 4) is 0 Å². The van der Waals surface area contributed by atoms with Gasteiger partial charge in [-0.1, -0.05) is 0 Å². The number of amides is 2. The number of hydrogen-bond acceptors (Lipinski definition) is 6. The van der Waals surface area contributed by atoms with E-state index in [9.17, 15) is 18.0 Å². The summed E-state index contributed by atoms with van der Waals surface area (Å²) >= 11 is 0. The van der Waals surface area contributed by atoms with Gasteiger partial charge in [0.15, 0.2) is 0 Å². The molecular formula is C20H36N4O6S. The highest BCUT2D eigenvalue weighted by Gasteiger charge is 2.41. The molecular weight excluding hydrogens is 424 g/mol. The molecule has 0 aromatic heterocycles. The molecule has 31 heavy (non-hydrogen) atoms. The van der Waals surface area contributed by atoms with E-state index < -0.39 is 27.9 Å². The van der Waals surface area contributed by atoms with Crippen LogP contribution < -0.4 is 0 Å². The Morgan fingerprint density at radius 2 is 1.52 bits per heavy atom. The standard InChI is InChI=1S/C20H36N4O6S/c1-15-13-23(14-16(2)29-15)31(27,28)22-11-9-21(10-12-22)18(25)17-7-6-8-24(17)19(26)30-20(3,4)5/h15-17H,6-14H2,1-5H3. The van der Waals surface area contributed by atoms with Crippen LogP contribution in [-0.2, 0) is 24.5 Å². The summed E-state index contributed by atoms with van der Waals surface area (Å²) in [4.78, 5) is 28.8. The molecule has 3 atom stereocenters. The lowest BCUT2D eigenvalue weighted by atomic mass is 10.1. The molecule has 10 nitrogen and oxygen atoms in total. The molecule has 178 valence electrons. The van der Waals surface area contributed by atoms with Crippen molar-refractivity contribution in [2.45, 2.75) is 71.3 Å². The Morgan fingerprint density at radius 1 is 0.935 bits per heavy atom. The number of ether oxygens (including phenoxy) is 2. The predicted octanol–water partition coefficient (Wildman–Crippen LogP) is 0.884. The summed E-state index contributed by atoms with van der Waals surface area (Å²) in [6.45, 7) is 11.4. The van der Waals surface area contributed by atoms with E-state index in [0.29, 0.717) is 39.1 Å². The number of rotatable bonds is 3. The van der Waals surface area contributed by atoms with E-state index in [2.05, 4.69) is 0 Å². The molecule has 0 aliphatic carbocycles. The van der Waals surface area contributed by atoms with Gasteiger partial charge in [-0.25, -0.2) is 4.79 Å². The Hall–Kier alpha value is -1.43. The number of carbonyl (C=O) groups excluding carboxylic acids is 2. The van der Waals surface area contributed by atoms with Gasteiger partial charge in [0.25, 0.3) is 10.2 Å². The minimum Gasteiger partial charge on any atom is -0.444 e. The second kappa shape index (κ2) is 9.21. The first-order valence-electron chi connectivity index (χ1n) is 11.1. The molecule has 11 heteroatoms. The monoisotopic (exact) mass is 460 g/mol. The lowest BCUT2D eigenvalue weighted by Gasteiger charge is -2.41. The van der Waals surface area contributed by atoms with Gasteiger partial charge in [0, 0.05) is 45.8 Å². The molecule has 3 aliphatic heterocycles. The molecule has 0 radical (unpaired) electrons. The number of likely N-dealkylation sites (tertiary alicyclic amines) is 1. The largest absolute Gasteiger partial charge is 0.444 e. The second-order valence-corrected chi connectivity index (χ2v) is 11.6. The van der Waals surface area contributed by atoms with Crippen molar-refractivity contribution in [2.24, 2.45) is 0 Å². The van der Waals surface area contributed by atoms with Crippen LogP contribution in [0.15, 0.2) is 0 Å². The van der Waals surface area contributed by atoms with E-state index >= 15 is 0 Å². The van der Waals surface area contributed by atoms with Crippen molar-refractivity contribution >= 4 is 22.2 Å². The first kappa shape index (κ1) is 24.2. The van der Waals surface area contributed by atoms with Crippen molar-refractivity contribution in [2.75, 3.05) is 45.8 Å². The highest BCUT2D eigenvalue weighted by Crippen LogP contribution is 2.24. The van der Waals surface area contributed by atoms with Crippen molar-refractivity contribution in [3.05, 3.63) is 0 Å². The third-order valence-electron chi connectivity index (χ3n) is 5.75. The summed E-state index contributed by atoms with van der Waals surface area (Å²) in [6.07, 6.45) is 0.572. The molecule has 0 aromatic carbocycles. The van der Waals surface area contributed by atoms with E-state index in [4.69, 9.17) is 9.47 Å². The fourth-order valence-electron chi connectivity index (χ4n) is 4.39. The highest BCUT2D eigenvalue weighted by molar-refractivity contribution is 7.86. The average molecular weight is 461 g/mol. The molecule has 0 bridgehead atoms. The Balaban J connectivity index is 1.58. The zero-order valence-electron chi connectivity index (χ0n) is 19.2. The zero-order valence-corrected chi connectivity index (χ0v) is 20.1. The van der Waals surface area contributed by atoms with Crippen LogP contribution in [0.3, 0.4) is 0 Å². The SMILES string of the molecule is CC1CN(S(=O)(=O)N2CCN(C(=O)C3CCCN3C(=O)OC(C)(C)C)CC2)CC(C)O1. The van der Waals surface area contributed by atoms with E-state index in [0.717, 1.165) is 6.42 Å². The quantitative estimate of drug-likeness (QED) is 0.620. The van der Waals surface area contributed by atoms with Crippen LogP contribution in [-0.4, -0.2) is 108 Å². The molecule has 0 saturated carbocycles. The van der Waals surface area contributed by atoms with Gasteiger partial charge in [-0.2, -0.15) is 17.0 Å². The van der Waals surface area contributed by atoms with Crippen molar-refractivity contribution in [1.82, 2.24) is 18.4 Å². The Labute approximate surface area is 185 Å². The van der Waals surface area contributed by atoms with Crippen LogP contribution >= 0.6 is 0 Å². The number of nitrogens with zero attached hydrogens (tertiary/aromatic N) is 4. The lowest BCUT2D eigenvalue weighted by molar-refractivity contribution is -0.137. The van der Waals surface area contributed by atoms with E-state index in [-0.39, 0.29) is 31.2 Å². The second-order valence-electron chi connectivity index (χ2n) is 9.64. The summed E-state index contributed by atoms with van der Waals surface area (Å²) in [6, 6.07) is -0.543. The first-order valence-corrected chi connectivity index (χ1v) is 12.5. The summed E-state index contributed by atoms with van der Waals surface area (Å²) in [7, 11) is -3.60. The number of piperazine rings is 1. The van der Waals surface area contributed by atoms with Crippen molar-refractivity contribution < 1.29 is 27.5 Å². The maximum atomic E-state index is 13.1. The number of morpholine rings is 1. The molecule has 3 fully saturated rings. The summed E-state index contributed by atoms with van der Waals surface area (Å²) in [5.74, 6) is -0.131. The third kappa shape index (κ3) is 5.68. The molecule has 0 spiro atoms. The maximum Gasteiger partial charge on any atom is 0.410 e. The minimum atomic E-state index is -3.60. The van der Waals surface area contributed by atoms with Crippen LogP contribution in [0.4, 0.5) is 4.79 Å². The van der Waals surface area contributed by atoms with Gasteiger partial charge >= 0.3 is 6.09 Å². The van der Waals surface area contributed by atoms with Crippen LogP contribution in [0.2, 0.25) is 0 Å². The Kier molecular flexibility index (Phi) is 7.19. The molecule has 3 aliphatic rings. The third-order valence-corrected chi connectivity index (χ3v) is 7.72. The predicted molar refractivity (Wildman–Crippen MR) is 115 cm³/mol. The lowest BCUT2D eigenvalue weighted by Crippen LogP contribution is -2.59. The average Bonchev–Trinajstić information content (AvgIpc) is 3.15. The summed E-state index contributed by atoms with van der Waals surface area (Å²) < 4.78 is 40.1. The van der Waals surface area contributed by atoms with Gasteiger partial charge in [0.05, 0.1) is 12.2 Å². The van der Waals surface area contributed by atoms with Crippen molar-refractivity contribution in [1.29, 1.82) is 0 Å². The van der Waals surface area contributed by atoms with Gasteiger partial charge in [0.2, 0.25) is 5.91 Å². The molecule has 0 aromatic rings. The van der Waals surface area contributed by atoms with Gasteiger partial charge < -0.3 is 14.4 Å². The van der Waals surface area contributed by atoms with Crippen LogP contribution in [0, 0.1) is 0 Å². The normalized spacial score (nSPS) is 29.3. The van der Waals surface area contributed by atoms with Gasteiger partial charge in [0.1, 0.15) is 11.6 Å². The molecule has 3 rings (SSSR count). The van der Waals surface area contributed by atoms with Crippen LogP contribution in [0.1, 0.15) is 47.5 Å². The highest BCUT2D eigenvalue weighted by atomic mass is 32.2. The zero-order chi connectivity index (χ0) is 23.0. The molecule has 3 saturated heterocycles. The van der Waals surface area contributed by atoms with Gasteiger partial charge in [-0.15, -0.1) is 0 Å². The molecule has 3 heterocycles. The molecule has 0 N–H and O–H groups in total. The van der Waals surface area contributed by atoms with Crippen LogP contribution in [0.5, 0.6) is 0 Å². The topological polar surface area (TPSA) is 99.7 Å². The van der Waals surface area contributed by atoms with Crippen molar-refractivity contribution in [3.63, 3.8) is 0 Å². The minimum absolute atomic E-state index is 0.131. The Morgan fingerprint density at radius 3 is 2.06 bits per heavy atom. The smallest absolute Gasteiger partial charge is 0.410 e. The number of hydrogen-bond donors (Lipinski definition) is 0. The molecule has 2 amide bonds. The Bertz CT molecular complexity index is 765. The fourth-order valence-corrected chi connectivity index (χ4v) is 6.14.